The van der Waals surface area contributed by atoms with E-state index in [1.807, 2.05) is 0 Å². The van der Waals surface area contributed by atoms with Gasteiger partial charge in [-0.2, -0.15) is 0 Å². The van der Waals surface area contributed by atoms with Crippen LogP contribution >= 0.6 is 0 Å². The van der Waals surface area contributed by atoms with Gasteiger partial charge in [0, 0.05) is 6.54 Å². The minimum absolute atomic E-state index is 0.148. The van der Waals surface area contributed by atoms with Crippen molar-refractivity contribution >= 4 is 0 Å². The number of aliphatic hydroxyl groups excluding tert-OH is 2. The maximum absolute atomic E-state index is 9.01. The fourth-order valence-electron chi connectivity index (χ4n) is 1.37. The van der Waals surface area contributed by atoms with Crippen LogP contribution in [0, 0.1) is 11.8 Å². The van der Waals surface area contributed by atoms with E-state index in [2.05, 4.69) is 12.2 Å². The van der Waals surface area contributed by atoms with E-state index in [1.165, 1.54) is 12.8 Å². The molecule has 0 aliphatic heterocycles. The highest BCUT2D eigenvalue weighted by molar-refractivity contribution is 4.79. The molecule has 12 heavy (non-hydrogen) atoms. The molecule has 1 aliphatic rings. The molecule has 1 rings (SSSR count). The van der Waals surface area contributed by atoms with E-state index in [0.717, 1.165) is 18.4 Å². The van der Waals surface area contributed by atoms with Gasteiger partial charge in [-0.1, -0.05) is 6.92 Å². The number of hydrogen-bond acceptors (Lipinski definition) is 3. The summed E-state index contributed by atoms with van der Waals surface area (Å²) in [6.45, 7) is 3.55. The maximum atomic E-state index is 9.01. The van der Waals surface area contributed by atoms with Crippen LogP contribution in [-0.4, -0.2) is 36.0 Å². The second kappa shape index (κ2) is 4.80. The monoisotopic (exact) mass is 173 g/mol. The third-order valence-corrected chi connectivity index (χ3v) is 2.48. The highest BCUT2D eigenvalue weighted by Gasteiger charge is 2.27. The van der Waals surface area contributed by atoms with Crippen LogP contribution in [0.3, 0.4) is 0 Å². The number of rotatable bonds is 6. The van der Waals surface area contributed by atoms with E-state index in [4.69, 9.17) is 10.2 Å². The fourth-order valence-corrected chi connectivity index (χ4v) is 1.37. The molecule has 3 N–H and O–H groups in total. The Kier molecular flexibility index (Phi) is 3.98. The molecule has 2 atom stereocenters. The second-order valence-corrected chi connectivity index (χ2v) is 3.81. The smallest absolute Gasteiger partial charge is 0.0894 e. The second-order valence-electron chi connectivity index (χ2n) is 3.81. The van der Waals surface area contributed by atoms with Gasteiger partial charge in [0.05, 0.1) is 12.7 Å². The summed E-state index contributed by atoms with van der Waals surface area (Å²) in [6, 6.07) is 0. The molecule has 0 bridgehead atoms. The summed E-state index contributed by atoms with van der Waals surface area (Å²) in [5.41, 5.74) is 0. The molecule has 0 aromatic carbocycles. The van der Waals surface area contributed by atoms with Crippen molar-refractivity contribution in [1.82, 2.24) is 5.32 Å². The Bertz CT molecular complexity index is 126. The van der Waals surface area contributed by atoms with Gasteiger partial charge in [-0.3, -0.25) is 0 Å². The molecule has 1 aliphatic carbocycles. The van der Waals surface area contributed by atoms with E-state index in [1.54, 1.807) is 0 Å². The van der Waals surface area contributed by atoms with Crippen molar-refractivity contribution in [2.75, 3.05) is 19.7 Å². The Hall–Kier alpha value is -0.120. The summed E-state index contributed by atoms with van der Waals surface area (Å²) < 4.78 is 0. The zero-order valence-corrected chi connectivity index (χ0v) is 7.66. The molecule has 1 saturated carbocycles. The molecule has 0 saturated heterocycles. The Morgan fingerprint density at radius 1 is 1.42 bits per heavy atom. The van der Waals surface area contributed by atoms with E-state index >= 15 is 0 Å². The lowest BCUT2D eigenvalue weighted by molar-refractivity contribution is 0.0935. The molecule has 1 unspecified atom stereocenters. The van der Waals surface area contributed by atoms with Gasteiger partial charge in [-0.15, -0.1) is 0 Å². The molecule has 3 heteroatoms. The van der Waals surface area contributed by atoms with E-state index in [0.29, 0.717) is 6.54 Å². The van der Waals surface area contributed by atoms with Gasteiger partial charge in [0.25, 0.3) is 0 Å². The molecule has 0 radical (unpaired) electrons. The van der Waals surface area contributed by atoms with Gasteiger partial charge >= 0.3 is 0 Å². The van der Waals surface area contributed by atoms with E-state index < -0.39 is 6.10 Å². The first-order valence-electron chi connectivity index (χ1n) is 4.73. The summed E-state index contributed by atoms with van der Waals surface area (Å²) in [5.74, 6) is 1.62. The van der Waals surface area contributed by atoms with Gasteiger partial charge in [0.1, 0.15) is 0 Å². The third kappa shape index (κ3) is 3.52. The molecule has 72 valence electrons. The van der Waals surface area contributed by atoms with Crippen LogP contribution in [0.25, 0.3) is 0 Å². The van der Waals surface area contributed by atoms with Gasteiger partial charge in [-0.05, 0) is 31.2 Å². The summed E-state index contributed by atoms with van der Waals surface area (Å²) in [4.78, 5) is 0. The first-order chi connectivity index (χ1) is 5.74. The Balaban J connectivity index is 1.93. The lowest BCUT2D eigenvalue weighted by Gasteiger charge is -2.13. The molecule has 0 amide bonds. The first kappa shape index (κ1) is 9.96. The summed E-state index contributed by atoms with van der Waals surface area (Å²) in [7, 11) is 0. The van der Waals surface area contributed by atoms with Crippen LogP contribution in [0.15, 0.2) is 0 Å². The normalized spacial score (nSPS) is 22.2. The van der Waals surface area contributed by atoms with E-state index in [9.17, 15) is 0 Å². The standard InChI is InChI=1S/C9H19NO2/c1-7(8-2-3-8)4-10-5-9(12)6-11/h7-12H,2-6H2,1H3/t7?,9-/m0/s1. The van der Waals surface area contributed by atoms with Crippen molar-refractivity contribution in [3.8, 4) is 0 Å². The fraction of sp³-hybridized carbons (Fsp3) is 1.00. The summed E-state index contributed by atoms with van der Waals surface area (Å²) in [5, 5.41) is 20.7. The molecular weight excluding hydrogens is 154 g/mol. The topological polar surface area (TPSA) is 52.5 Å². The number of nitrogens with one attached hydrogen (secondary N) is 1. The highest BCUT2D eigenvalue weighted by Crippen LogP contribution is 2.35. The van der Waals surface area contributed by atoms with Crippen molar-refractivity contribution in [1.29, 1.82) is 0 Å². The molecule has 1 fully saturated rings. The van der Waals surface area contributed by atoms with Crippen LogP contribution in [0.2, 0.25) is 0 Å². The van der Waals surface area contributed by atoms with Crippen LogP contribution < -0.4 is 5.32 Å². The predicted octanol–water partition coefficient (Wildman–Crippen LogP) is -0.0247. The van der Waals surface area contributed by atoms with E-state index in [-0.39, 0.29) is 6.61 Å². The quantitative estimate of drug-likeness (QED) is 0.529. The van der Waals surface area contributed by atoms with Gasteiger partial charge in [0.15, 0.2) is 0 Å². The molecule has 3 nitrogen and oxygen atoms in total. The lowest BCUT2D eigenvalue weighted by atomic mass is 10.1. The molecule has 0 heterocycles. The van der Waals surface area contributed by atoms with Gasteiger partial charge < -0.3 is 15.5 Å². The average Bonchev–Trinajstić information content (AvgIpc) is 2.86. The zero-order valence-electron chi connectivity index (χ0n) is 7.66. The largest absolute Gasteiger partial charge is 0.394 e. The van der Waals surface area contributed by atoms with Crippen LogP contribution in [0.4, 0.5) is 0 Å². The Morgan fingerprint density at radius 2 is 2.08 bits per heavy atom. The Morgan fingerprint density at radius 3 is 2.58 bits per heavy atom. The minimum atomic E-state index is -0.601. The van der Waals surface area contributed by atoms with Crippen LogP contribution in [0.5, 0.6) is 0 Å². The Labute approximate surface area is 73.8 Å². The average molecular weight is 173 g/mol. The van der Waals surface area contributed by atoms with Gasteiger partial charge in [-0.25, -0.2) is 0 Å². The molecule has 0 aromatic heterocycles. The van der Waals surface area contributed by atoms with Crippen molar-refractivity contribution in [3.05, 3.63) is 0 Å². The van der Waals surface area contributed by atoms with Gasteiger partial charge in [0.2, 0.25) is 0 Å². The third-order valence-electron chi connectivity index (χ3n) is 2.48. The first-order valence-corrected chi connectivity index (χ1v) is 4.73. The predicted molar refractivity (Wildman–Crippen MR) is 47.9 cm³/mol. The maximum Gasteiger partial charge on any atom is 0.0894 e. The van der Waals surface area contributed by atoms with Crippen molar-refractivity contribution in [3.63, 3.8) is 0 Å². The van der Waals surface area contributed by atoms with Crippen molar-refractivity contribution < 1.29 is 10.2 Å². The molecule has 0 aromatic rings. The van der Waals surface area contributed by atoms with Crippen molar-refractivity contribution in [2.45, 2.75) is 25.9 Å². The SMILES string of the molecule is CC(CNC[C@H](O)CO)C1CC1. The zero-order chi connectivity index (χ0) is 8.97. The minimum Gasteiger partial charge on any atom is -0.394 e. The molecular formula is C9H19NO2. The van der Waals surface area contributed by atoms with Crippen molar-refractivity contribution in [2.24, 2.45) is 11.8 Å². The van der Waals surface area contributed by atoms with Crippen LogP contribution in [0.1, 0.15) is 19.8 Å². The highest BCUT2D eigenvalue weighted by atomic mass is 16.3. The lowest BCUT2D eigenvalue weighted by Crippen LogP contribution is -2.32. The number of hydrogen-bond donors (Lipinski definition) is 3. The summed E-state index contributed by atoms with van der Waals surface area (Å²) in [6.07, 6.45) is 2.13. The van der Waals surface area contributed by atoms with Crippen LogP contribution in [-0.2, 0) is 0 Å². The molecule has 0 spiro atoms. The number of aliphatic hydroxyl groups is 2. The summed E-state index contributed by atoms with van der Waals surface area (Å²) >= 11 is 0.